The molecular weight excluding hydrogens is 435 g/mol. The van der Waals surface area contributed by atoms with Crippen LogP contribution < -0.4 is 15.0 Å². The number of fused-ring (bicyclic) bond motifs is 4. The predicted octanol–water partition coefficient (Wildman–Crippen LogP) is 3.84. The van der Waals surface area contributed by atoms with Gasteiger partial charge in [0.05, 0.1) is 22.9 Å². The second kappa shape index (κ2) is 8.60. The minimum atomic E-state index is -0.711. The van der Waals surface area contributed by atoms with Crippen molar-refractivity contribution in [3.8, 4) is 17.0 Å². The molecule has 1 aromatic carbocycles. The lowest BCUT2D eigenvalue weighted by molar-refractivity contribution is -0.131. The van der Waals surface area contributed by atoms with Crippen molar-refractivity contribution in [2.75, 3.05) is 32.2 Å². The maximum Gasteiger partial charge on any atom is 0.237 e. The van der Waals surface area contributed by atoms with Gasteiger partial charge in [0.25, 0.3) is 0 Å². The van der Waals surface area contributed by atoms with Gasteiger partial charge >= 0.3 is 0 Å². The summed E-state index contributed by atoms with van der Waals surface area (Å²) in [6.07, 6.45) is 4.57. The number of carbonyl (C=O) groups is 1. The van der Waals surface area contributed by atoms with Crippen molar-refractivity contribution in [1.82, 2.24) is 15.3 Å². The van der Waals surface area contributed by atoms with E-state index in [1.165, 1.54) is 6.07 Å². The van der Waals surface area contributed by atoms with Gasteiger partial charge < -0.3 is 19.7 Å². The third kappa shape index (κ3) is 3.44. The Kier molecular flexibility index (Phi) is 5.73. The number of benzene rings is 1. The quantitative estimate of drug-likeness (QED) is 0.536. The standard InChI is InChI=1S/C26H29FN4O3/c1-15(2)29-10-11-34-24-19(27)8-7-18-20-23(21(30-22(18)24)16-6-5-9-28-14-16)31(3)25(32)26(20)12-17(13-26)33-4/h5-9,14-15,17,29H,10-13H2,1-4H3. The van der Waals surface area contributed by atoms with Gasteiger partial charge in [-0.25, -0.2) is 9.37 Å². The van der Waals surface area contributed by atoms with Crippen LogP contribution in [-0.2, 0) is 14.9 Å². The van der Waals surface area contributed by atoms with Crippen LogP contribution in [0.15, 0.2) is 36.7 Å². The van der Waals surface area contributed by atoms with Crippen molar-refractivity contribution in [3.63, 3.8) is 0 Å². The molecule has 178 valence electrons. The summed E-state index contributed by atoms with van der Waals surface area (Å²) in [6, 6.07) is 7.15. The number of methoxy groups -OCH3 is 1. The van der Waals surface area contributed by atoms with Crippen LogP contribution in [0.4, 0.5) is 10.1 Å². The highest BCUT2D eigenvalue weighted by Gasteiger charge is 2.59. The fraction of sp³-hybridized carbons (Fsp3) is 0.423. The Balaban J connectivity index is 1.73. The van der Waals surface area contributed by atoms with E-state index in [4.69, 9.17) is 14.5 Å². The molecule has 1 aliphatic carbocycles. The molecular formula is C26H29FN4O3. The van der Waals surface area contributed by atoms with Crippen LogP contribution in [0, 0.1) is 5.82 Å². The fourth-order valence-electron chi connectivity index (χ4n) is 5.22. The number of amides is 1. The highest BCUT2D eigenvalue weighted by molar-refractivity contribution is 6.16. The fourth-order valence-corrected chi connectivity index (χ4v) is 5.22. The normalized spacial score (nSPS) is 21.4. The molecule has 2 aromatic heterocycles. The van der Waals surface area contributed by atoms with E-state index < -0.39 is 11.2 Å². The molecule has 8 heteroatoms. The second-order valence-electron chi connectivity index (χ2n) is 9.37. The van der Waals surface area contributed by atoms with Gasteiger partial charge in [-0.2, -0.15) is 0 Å². The van der Waals surface area contributed by atoms with Crippen LogP contribution in [0.5, 0.6) is 5.75 Å². The van der Waals surface area contributed by atoms with Crippen LogP contribution in [0.25, 0.3) is 22.2 Å². The van der Waals surface area contributed by atoms with Gasteiger partial charge in [-0.3, -0.25) is 9.78 Å². The van der Waals surface area contributed by atoms with Gasteiger partial charge in [0.1, 0.15) is 12.1 Å². The van der Waals surface area contributed by atoms with E-state index in [2.05, 4.69) is 10.3 Å². The van der Waals surface area contributed by atoms with Crippen LogP contribution in [0.2, 0.25) is 0 Å². The summed E-state index contributed by atoms with van der Waals surface area (Å²) >= 11 is 0. The van der Waals surface area contributed by atoms with Crippen molar-refractivity contribution >= 4 is 22.5 Å². The van der Waals surface area contributed by atoms with Gasteiger partial charge in [-0.05, 0) is 37.1 Å². The number of hydrogen-bond donors (Lipinski definition) is 1. The van der Waals surface area contributed by atoms with Crippen molar-refractivity contribution in [1.29, 1.82) is 0 Å². The zero-order valence-electron chi connectivity index (χ0n) is 19.9. The van der Waals surface area contributed by atoms with E-state index >= 15 is 4.39 Å². The Bertz CT molecular complexity index is 1240. The lowest BCUT2D eigenvalue weighted by Crippen LogP contribution is -2.51. The minimum absolute atomic E-state index is 0.00614. The van der Waals surface area contributed by atoms with Gasteiger partial charge in [0.2, 0.25) is 5.91 Å². The zero-order chi connectivity index (χ0) is 24.0. The average molecular weight is 465 g/mol. The molecule has 1 saturated carbocycles. The largest absolute Gasteiger partial charge is 0.487 e. The van der Waals surface area contributed by atoms with Crippen molar-refractivity contribution < 1.29 is 18.7 Å². The number of anilines is 1. The summed E-state index contributed by atoms with van der Waals surface area (Å²) in [4.78, 5) is 24.4. The first-order valence-corrected chi connectivity index (χ1v) is 11.6. The molecule has 0 atom stereocenters. The molecule has 3 heterocycles. The molecule has 0 unspecified atom stereocenters. The van der Waals surface area contributed by atoms with Crippen molar-refractivity contribution in [2.45, 2.75) is 44.2 Å². The minimum Gasteiger partial charge on any atom is -0.487 e. The lowest BCUT2D eigenvalue weighted by atomic mass is 9.62. The molecule has 5 rings (SSSR count). The maximum atomic E-state index is 15.1. The number of likely N-dealkylation sites (N-methyl/N-ethyl adjacent to an activating group) is 1. The van der Waals surface area contributed by atoms with Crippen LogP contribution in [0.3, 0.4) is 0 Å². The molecule has 3 aromatic rings. The van der Waals surface area contributed by atoms with E-state index in [1.54, 1.807) is 37.5 Å². The van der Waals surface area contributed by atoms with Crippen LogP contribution in [-0.4, -0.2) is 55.3 Å². The SMILES string of the molecule is COC1CC2(C1)C(=O)N(C)c1c(-c3cccnc3)nc3c(OCCNC(C)C)c(F)ccc3c12. The smallest absolute Gasteiger partial charge is 0.237 e. The number of halogens is 1. The summed E-state index contributed by atoms with van der Waals surface area (Å²) in [5, 5.41) is 4.01. The zero-order valence-corrected chi connectivity index (χ0v) is 19.9. The summed E-state index contributed by atoms with van der Waals surface area (Å²) in [7, 11) is 3.45. The summed E-state index contributed by atoms with van der Waals surface area (Å²) in [5.74, 6) is -0.351. The first-order valence-electron chi connectivity index (χ1n) is 11.6. The molecule has 2 aliphatic rings. The van der Waals surface area contributed by atoms with E-state index in [9.17, 15) is 4.79 Å². The average Bonchev–Trinajstić information content (AvgIpc) is 3.04. The van der Waals surface area contributed by atoms with Crippen molar-refractivity contribution in [2.24, 2.45) is 0 Å². The Morgan fingerprint density at radius 3 is 2.76 bits per heavy atom. The number of nitrogens with one attached hydrogen (secondary N) is 1. The van der Waals surface area contributed by atoms with Crippen LogP contribution in [0.1, 0.15) is 32.3 Å². The molecule has 1 spiro atoms. The van der Waals surface area contributed by atoms with E-state index in [-0.39, 0.29) is 17.8 Å². The number of nitrogens with zero attached hydrogens (tertiary/aromatic N) is 3. The van der Waals surface area contributed by atoms with E-state index in [1.807, 2.05) is 26.0 Å². The third-order valence-electron chi connectivity index (χ3n) is 6.89. The van der Waals surface area contributed by atoms with Gasteiger partial charge in [0.15, 0.2) is 11.6 Å². The highest BCUT2D eigenvalue weighted by Crippen LogP contribution is 2.58. The van der Waals surface area contributed by atoms with E-state index in [0.717, 1.165) is 22.2 Å². The molecule has 1 N–H and O–H groups in total. The maximum absolute atomic E-state index is 15.1. The first kappa shape index (κ1) is 22.7. The highest BCUT2D eigenvalue weighted by atomic mass is 19.1. The Morgan fingerprint density at radius 2 is 2.09 bits per heavy atom. The third-order valence-corrected chi connectivity index (χ3v) is 6.89. The molecule has 1 amide bonds. The number of hydrogen-bond acceptors (Lipinski definition) is 6. The molecule has 0 radical (unpaired) electrons. The molecule has 0 saturated heterocycles. The predicted molar refractivity (Wildman–Crippen MR) is 129 cm³/mol. The number of pyridine rings is 2. The monoisotopic (exact) mass is 464 g/mol. The van der Waals surface area contributed by atoms with Crippen molar-refractivity contribution in [3.05, 3.63) is 48.0 Å². The summed E-state index contributed by atoms with van der Waals surface area (Å²) < 4.78 is 26.5. The second-order valence-corrected chi connectivity index (χ2v) is 9.37. The number of rotatable bonds is 7. The van der Waals surface area contributed by atoms with Crippen LogP contribution >= 0.6 is 0 Å². The lowest BCUT2D eigenvalue weighted by Gasteiger charge is -2.43. The number of aromatic nitrogens is 2. The van der Waals surface area contributed by atoms with Gasteiger partial charge in [-0.15, -0.1) is 0 Å². The first-order chi connectivity index (χ1) is 16.4. The summed E-state index contributed by atoms with van der Waals surface area (Å²) in [6.45, 7) is 4.96. The molecule has 1 aliphatic heterocycles. The topological polar surface area (TPSA) is 76.6 Å². The Hall–Kier alpha value is -3.10. The summed E-state index contributed by atoms with van der Waals surface area (Å²) in [5.41, 5.74) is 2.69. The number of carbonyl (C=O) groups excluding carboxylic acids is 1. The number of ether oxygens (including phenoxy) is 2. The molecule has 34 heavy (non-hydrogen) atoms. The molecule has 0 bridgehead atoms. The van der Waals surface area contributed by atoms with E-state index in [0.29, 0.717) is 43.2 Å². The Labute approximate surface area is 198 Å². The Morgan fingerprint density at radius 1 is 1.29 bits per heavy atom. The molecule has 1 fully saturated rings. The van der Waals surface area contributed by atoms with Gasteiger partial charge in [0, 0.05) is 55.7 Å². The van der Waals surface area contributed by atoms with Gasteiger partial charge in [-0.1, -0.05) is 13.8 Å². The molecule has 7 nitrogen and oxygen atoms in total.